The predicted molar refractivity (Wildman–Crippen MR) is 88.8 cm³/mol. The predicted octanol–water partition coefficient (Wildman–Crippen LogP) is 0.341. The molecule has 1 N–H and O–H groups in total. The van der Waals surface area contributed by atoms with Gasteiger partial charge in [0.15, 0.2) is 12.2 Å². The highest BCUT2D eigenvalue weighted by Gasteiger charge is 2.51. The quantitative estimate of drug-likeness (QED) is 0.523. The average molecular weight is 373 g/mol. The van der Waals surface area contributed by atoms with Gasteiger partial charge in [0.1, 0.15) is 12.7 Å². The molecule has 148 valence electrons. The molecule has 1 aliphatic rings. The zero-order chi connectivity index (χ0) is 20.0. The van der Waals surface area contributed by atoms with E-state index >= 15 is 0 Å². The Bertz CT molecular complexity index is 547. The summed E-state index contributed by atoms with van der Waals surface area (Å²) >= 11 is 0. The van der Waals surface area contributed by atoms with Gasteiger partial charge in [-0.15, -0.1) is 0 Å². The molecule has 9 nitrogen and oxygen atoms in total. The molecule has 1 heterocycles. The van der Waals surface area contributed by atoms with Crippen LogP contribution in [0.4, 0.5) is 0 Å². The number of carbonyl (C=O) groups excluding carboxylic acids is 4. The van der Waals surface area contributed by atoms with Crippen LogP contribution in [0.2, 0.25) is 0 Å². The van der Waals surface area contributed by atoms with E-state index in [0.29, 0.717) is 0 Å². The summed E-state index contributed by atoms with van der Waals surface area (Å²) in [7, 11) is 0. The van der Waals surface area contributed by atoms with Crippen LogP contribution in [-0.2, 0) is 38.1 Å². The number of hydrogen-bond donors (Lipinski definition) is 1. The molecule has 0 bridgehead atoms. The number of rotatable bonds is 6. The number of amides is 1. The Morgan fingerprint density at radius 1 is 0.923 bits per heavy atom. The van der Waals surface area contributed by atoms with Crippen molar-refractivity contribution < 1.29 is 38.1 Å². The molecule has 1 rings (SSSR count). The summed E-state index contributed by atoms with van der Waals surface area (Å²) in [6.07, 6.45) is -3.41. The summed E-state index contributed by atoms with van der Waals surface area (Å²) in [4.78, 5) is 46.0. The molecule has 0 aliphatic carbocycles. The van der Waals surface area contributed by atoms with Crippen molar-refractivity contribution in [2.75, 3.05) is 6.61 Å². The summed E-state index contributed by atoms with van der Waals surface area (Å²) in [5, 5.41) is 2.72. The first-order chi connectivity index (χ1) is 12.0. The zero-order valence-corrected chi connectivity index (χ0v) is 15.9. The maximum Gasteiger partial charge on any atom is 0.303 e. The van der Waals surface area contributed by atoms with E-state index in [-0.39, 0.29) is 18.4 Å². The summed E-state index contributed by atoms with van der Waals surface area (Å²) in [5.41, 5.74) is 0. The van der Waals surface area contributed by atoms with Gasteiger partial charge in [-0.1, -0.05) is 13.8 Å². The van der Waals surface area contributed by atoms with Gasteiger partial charge in [0, 0.05) is 27.7 Å². The molecule has 1 saturated heterocycles. The Labute approximate surface area is 152 Å². The Hall–Kier alpha value is -2.16. The van der Waals surface area contributed by atoms with Crippen LogP contribution in [0.5, 0.6) is 0 Å². The van der Waals surface area contributed by atoms with Crippen LogP contribution >= 0.6 is 0 Å². The van der Waals surface area contributed by atoms with Crippen LogP contribution in [0.15, 0.2) is 0 Å². The van der Waals surface area contributed by atoms with Gasteiger partial charge in [-0.3, -0.25) is 19.2 Å². The summed E-state index contributed by atoms with van der Waals surface area (Å²) in [6.45, 7) is 8.56. The van der Waals surface area contributed by atoms with E-state index in [4.69, 9.17) is 18.9 Å². The molecule has 0 aromatic rings. The number of hydrogen-bond acceptors (Lipinski definition) is 8. The van der Waals surface area contributed by atoms with Gasteiger partial charge in [-0.05, 0) is 5.92 Å². The second-order valence-corrected chi connectivity index (χ2v) is 6.56. The molecule has 1 fully saturated rings. The van der Waals surface area contributed by atoms with Crippen molar-refractivity contribution in [3.63, 3.8) is 0 Å². The highest BCUT2D eigenvalue weighted by Crippen LogP contribution is 2.30. The summed E-state index contributed by atoms with van der Waals surface area (Å²) in [5.74, 6) is -2.15. The minimum Gasteiger partial charge on any atom is -0.463 e. The van der Waals surface area contributed by atoms with E-state index in [2.05, 4.69) is 5.32 Å². The second-order valence-electron chi connectivity index (χ2n) is 6.56. The van der Waals surface area contributed by atoms with Crippen molar-refractivity contribution in [3.8, 4) is 0 Å². The summed E-state index contributed by atoms with van der Waals surface area (Å²) in [6, 6.07) is -0.727. The minimum absolute atomic E-state index is 0.0667. The highest BCUT2D eigenvalue weighted by atomic mass is 16.6. The van der Waals surface area contributed by atoms with Crippen LogP contribution in [0.25, 0.3) is 0 Å². The fourth-order valence-electron chi connectivity index (χ4n) is 2.94. The number of carbonyl (C=O) groups is 4. The molecule has 26 heavy (non-hydrogen) atoms. The van der Waals surface area contributed by atoms with Crippen molar-refractivity contribution in [3.05, 3.63) is 0 Å². The van der Waals surface area contributed by atoms with Crippen molar-refractivity contribution in [2.45, 2.75) is 72.0 Å². The maximum atomic E-state index is 11.7. The van der Waals surface area contributed by atoms with E-state index in [9.17, 15) is 19.2 Å². The van der Waals surface area contributed by atoms with E-state index < -0.39 is 48.4 Å². The van der Waals surface area contributed by atoms with Crippen LogP contribution in [0.3, 0.4) is 0 Å². The standard InChI is InChI=1S/C17H27NO8/c1-8(2)15-14(18-9(3)19)17(25-12(6)22)16(24-11(5)21)13(26-15)7-23-10(4)20/h8,13-17H,7H2,1-6H3,(H,18,19)/t13?,14?,15-,16+,17-/m1/s1. The molecule has 0 radical (unpaired) electrons. The smallest absolute Gasteiger partial charge is 0.303 e. The fourth-order valence-corrected chi connectivity index (χ4v) is 2.94. The van der Waals surface area contributed by atoms with Crippen molar-refractivity contribution in [1.29, 1.82) is 0 Å². The normalized spacial score (nSPS) is 28.2. The van der Waals surface area contributed by atoms with Gasteiger partial charge in [-0.2, -0.15) is 0 Å². The van der Waals surface area contributed by atoms with Crippen LogP contribution in [0, 0.1) is 5.92 Å². The Morgan fingerprint density at radius 3 is 1.88 bits per heavy atom. The lowest BCUT2D eigenvalue weighted by molar-refractivity contribution is -0.229. The Balaban J connectivity index is 3.27. The van der Waals surface area contributed by atoms with E-state index in [1.54, 1.807) is 0 Å². The third kappa shape index (κ3) is 6.29. The molecule has 2 unspecified atom stereocenters. The van der Waals surface area contributed by atoms with E-state index in [0.717, 1.165) is 0 Å². The second kappa shape index (κ2) is 9.51. The number of ether oxygens (including phenoxy) is 4. The molecule has 0 aromatic carbocycles. The van der Waals surface area contributed by atoms with E-state index in [1.807, 2.05) is 13.8 Å². The summed E-state index contributed by atoms with van der Waals surface area (Å²) < 4.78 is 21.7. The maximum absolute atomic E-state index is 11.7. The lowest BCUT2D eigenvalue weighted by Gasteiger charge is -2.46. The fraction of sp³-hybridized carbons (Fsp3) is 0.765. The molecule has 0 aromatic heterocycles. The van der Waals surface area contributed by atoms with Gasteiger partial charge >= 0.3 is 17.9 Å². The molecule has 0 saturated carbocycles. The molecule has 9 heteroatoms. The first kappa shape index (κ1) is 21.9. The molecule has 1 amide bonds. The first-order valence-electron chi connectivity index (χ1n) is 8.43. The van der Waals surface area contributed by atoms with Crippen molar-refractivity contribution in [2.24, 2.45) is 5.92 Å². The third-order valence-electron chi connectivity index (χ3n) is 3.81. The Kier molecular flexibility index (Phi) is 8.01. The van der Waals surface area contributed by atoms with Gasteiger partial charge in [-0.25, -0.2) is 0 Å². The van der Waals surface area contributed by atoms with Crippen molar-refractivity contribution in [1.82, 2.24) is 5.32 Å². The number of nitrogens with one attached hydrogen (secondary N) is 1. The van der Waals surface area contributed by atoms with Gasteiger partial charge < -0.3 is 24.3 Å². The van der Waals surface area contributed by atoms with Crippen LogP contribution in [0.1, 0.15) is 41.5 Å². The monoisotopic (exact) mass is 373 g/mol. The van der Waals surface area contributed by atoms with Crippen LogP contribution in [-0.4, -0.2) is 60.9 Å². The van der Waals surface area contributed by atoms with E-state index in [1.165, 1.54) is 27.7 Å². The number of esters is 3. The first-order valence-corrected chi connectivity index (χ1v) is 8.43. The molecule has 5 atom stereocenters. The average Bonchev–Trinajstić information content (AvgIpc) is 2.47. The largest absolute Gasteiger partial charge is 0.463 e. The molecular weight excluding hydrogens is 346 g/mol. The SMILES string of the molecule is CC(=O)NC1[C@@H](C(C)C)OC(COC(C)=O)[C@H](OC(C)=O)[C@@H]1OC(C)=O. The molecule has 0 spiro atoms. The lowest BCUT2D eigenvalue weighted by Crippen LogP contribution is -2.67. The minimum atomic E-state index is -1.04. The molecular formula is C17H27NO8. The topological polar surface area (TPSA) is 117 Å². The van der Waals surface area contributed by atoms with Crippen LogP contribution < -0.4 is 5.32 Å². The Morgan fingerprint density at radius 2 is 1.46 bits per heavy atom. The third-order valence-corrected chi connectivity index (χ3v) is 3.81. The van der Waals surface area contributed by atoms with Gasteiger partial charge in [0.05, 0.1) is 12.1 Å². The zero-order valence-electron chi connectivity index (χ0n) is 15.9. The van der Waals surface area contributed by atoms with Gasteiger partial charge in [0.2, 0.25) is 5.91 Å². The molecule has 1 aliphatic heterocycles. The lowest BCUT2D eigenvalue weighted by atomic mass is 9.87. The highest BCUT2D eigenvalue weighted by molar-refractivity contribution is 5.73. The van der Waals surface area contributed by atoms with Crippen molar-refractivity contribution >= 4 is 23.8 Å². The van der Waals surface area contributed by atoms with Gasteiger partial charge in [0.25, 0.3) is 0 Å².